The lowest BCUT2D eigenvalue weighted by molar-refractivity contribution is 0.199. The van der Waals surface area contributed by atoms with Crippen LogP contribution in [0.3, 0.4) is 0 Å². The highest BCUT2D eigenvalue weighted by molar-refractivity contribution is 5.52. The van der Waals surface area contributed by atoms with Crippen molar-refractivity contribution < 1.29 is 8.91 Å². The van der Waals surface area contributed by atoms with Gasteiger partial charge in [-0.25, -0.2) is 4.39 Å². The summed E-state index contributed by atoms with van der Waals surface area (Å²) in [7, 11) is 0. The van der Waals surface area contributed by atoms with Gasteiger partial charge in [-0.05, 0) is 37.1 Å². The number of halogens is 1. The maximum absolute atomic E-state index is 12.9. The third-order valence-electron chi connectivity index (χ3n) is 3.56. The van der Waals surface area contributed by atoms with Crippen LogP contribution in [0.5, 0.6) is 0 Å². The van der Waals surface area contributed by atoms with Crippen molar-refractivity contribution in [2.24, 2.45) is 5.73 Å². The van der Waals surface area contributed by atoms with Crippen LogP contribution in [0.4, 0.5) is 4.39 Å². The van der Waals surface area contributed by atoms with Gasteiger partial charge in [-0.3, -0.25) is 4.90 Å². The summed E-state index contributed by atoms with van der Waals surface area (Å²) in [5, 5.41) is 3.98. The molecular weight excluding hydrogens is 259 g/mol. The summed E-state index contributed by atoms with van der Waals surface area (Å²) in [5.41, 5.74) is 6.60. The number of aromatic nitrogens is 2. The van der Waals surface area contributed by atoms with E-state index in [4.69, 9.17) is 10.3 Å². The maximum Gasteiger partial charge on any atom is 0.257 e. The lowest BCUT2D eigenvalue weighted by Gasteiger charge is -2.28. The second-order valence-corrected chi connectivity index (χ2v) is 5.14. The molecule has 1 aromatic carbocycles. The van der Waals surface area contributed by atoms with Crippen LogP contribution in [0.15, 0.2) is 28.8 Å². The Morgan fingerprint density at radius 3 is 2.65 bits per heavy atom. The van der Waals surface area contributed by atoms with Gasteiger partial charge in [0.05, 0.1) is 6.54 Å². The van der Waals surface area contributed by atoms with E-state index in [1.807, 2.05) is 0 Å². The first kappa shape index (κ1) is 13.2. The highest BCUT2D eigenvalue weighted by atomic mass is 19.1. The van der Waals surface area contributed by atoms with Crippen molar-refractivity contribution in [3.63, 3.8) is 0 Å². The molecule has 20 heavy (non-hydrogen) atoms. The van der Waals surface area contributed by atoms with Gasteiger partial charge in [-0.2, -0.15) is 4.98 Å². The Labute approximate surface area is 116 Å². The molecule has 5 nitrogen and oxygen atoms in total. The van der Waals surface area contributed by atoms with Crippen molar-refractivity contribution >= 4 is 0 Å². The smallest absolute Gasteiger partial charge is 0.257 e. The Morgan fingerprint density at radius 2 is 1.95 bits per heavy atom. The van der Waals surface area contributed by atoms with E-state index in [-0.39, 0.29) is 5.82 Å². The van der Waals surface area contributed by atoms with Crippen LogP contribution in [0.25, 0.3) is 11.5 Å². The Balaban J connectivity index is 1.66. The van der Waals surface area contributed by atoms with E-state index in [2.05, 4.69) is 15.0 Å². The van der Waals surface area contributed by atoms with E-state index in [9.17, 15) is 4.39 Å². The molecule has 0 unspecified atom stereocenters. The van der Waals surface area contributed by atoms with Gasteiger partial charge in [0.1, 0.15) is 5.82 Å². The number of hydrogen-bond acceptors (Lipinski definition) is 5. The molecule has 0 amide bonds. The summed E-state index contributed by atoms with van der Waals surface area (Å²) in [6.45, 7) is 2.58. The molecule has 0 aliphatic carbocycles. The summed E-state index contributed by atoms with van der Waals surface area (Å²) in [6, 6.07) is 6.33. The first-order valence-corrected chi connectivity index (χ1v) is 6.77. The number of rotatable bonds is 3. The van der Waals surface area contributed by atoms with Crippen LogP contribution >= 0.6 is 0 Å². The molecule has 0 radical (unpaired) electrons. The Morgan fingerprint density at radius 1 is 1.25 bits per heavy atom. The van der Waals surface area contributed by atoms with Crippen molar-refractivity contribution in [2.75, 3.05) is 13.1 Å². The molecule has 2 N–H and O–H groups in total. The zero-order valence-electron chi connectivity index (χ0n) is 11.1. The second kappa shape index (κ2) is 5.68. The van der Waals surface area contributed by atoms with E-state index in [0.717, 1.165) is 31.5 Å². The normalized spacial score (nSPS) is 17.5. The monoisotopic (exact) mass is 276 g/mol. The zero-order chi connectivity index (χ0) is 13.9. The molecule has 6 heteroatoms. The minimum absolute atomic E-state index is 0.279. The third-order valence-corrected chi connectivity index (χ3v) is 3.56. The molecule has 1 aromatic heterocycles. The molecule has 1 aliphatic rings. The van der Waals surface area contributed by atoms with Gasteiger partial charge in [-0.15, -0.1) is 0 Å². The summed E-state index contributed by atoms with van der Waals surface area (Å²) >= 11 is 0. The number of piperidine rings is 1. The fourth-order valence-corrected chi connectivity index (χ4v) is 2.34. The van der Waals surface area contributed by atoms with E-state index in [1.54, 1.807) is 12.1 Å². The highest BCUT2D eigenvalue weighted by Gasteiger charge is 2.18. The topological polar surface area (TPSA) is 68.2 Å². The molecule has 0 saturated carbocycles. The molecule has 2 heterocycles. The molecule has 0 bridgehead atoms. The quantitative estimate of drug-likeness (QED) is 0.925. The van der Waals surface area contributed by atoms with Gasteiger partial charge in [0.15, 0.2) is 5.82 Å². The molecular formula is C14H17FN4O. The number of nitrogens with zero attached hydrogens (tertiary/aromatic N) is 3. The van der Waals surface area contributed by atoms with Crippen LogP contribution in [-0.2, 0) is 6.54 Å². The van der Waals surface area contributed by atoms with E-state index in [1.165, 1.54) is 12.1 Å². The molecule has 1 fully saturated rings. The van der Waals surface area contributed by atoms with Crippen LogP contribution in [0.1, 0.15) is 18.7 Å². The summed E-state index contributed by atoms with van der Waals surface area (Å²) in [4.78, 5) is 6.62. The predicted molar refractivity (Wildman–Crippen MR) is 72.2 cm³/mol. The molecule has 0 spiro atoms. The lowest BCUT2D eigenvalue weighted by atomic mass is 10.1. The number of nitrogens with two attached hydrogens (primary N) is 1. The van der Waals surface area contributed by atoms with Gasteiger partial charge in [0.2, 0.25) is 0 Å². The Hall–Kier alpha value is -1.79. The van der Waals surface area contributed by atoms with E-state index in [0.29, 0.717) is 24.3 Å². The minimum Gasteiger partial charge on any atom is -0.334 e. The van der Waals surface area contributed by atoms with Gasteiger partial charge >= 0.3 is 0 Å². The standard InChI is InChI=1S/C14H17FN4O/c15-11-3-1-10(2-4-11)14-17-13(18-20-14)9-19-7-5-12(16)6-8-19/h1-4,12H,5-9,16H2. The average Bonchev–Trinajstić information content (AvgIpc) is 2.91. The molecule has 1 aliphatic heterocycles. The van der Waals surface area contributed by atoms with Crippen LogP contribution < -0.4 is 5.73 Å². The summed E-state index contributed by atoms with van der Waals surface area (Å²) in [6.07, 6.45) is 2.01. The van der Waals surface area contributed by atoms with Gasteiger partial charge < -0.3 is 10.3 Å². The Kier molecular flexibility index (Phi) is 3.75. The van der Waals surface area contributed by atoms with Gasteiger partial charge in [0, 0.05) is 24.7 Å². The largest absolute Gasteiger partial charge is 0.334 e. The van der Waals surface area contributed by atoms with Crippen LogP contribution in [-0.4, -0.2) is 34.2 Å². The zero-order valence-corrected chi connectivity index (χ0v) is 11.1. The molecule has 106 valence electrons. The number of likely N-dealkylation sites (tertiary alicyclic amines) is 1. The highest BCUT2D eigenvalue weighted by Crippen LogP contribution is 2.18. The lowest BCUT2D eigenvalue weighted by Crippen LogP contribution is -2.39. The molecule has 3 rings (SSSR count). The predicted octanol–water partition coefficient (Wildman–Crippen LogP) is 1.80. The first-order chi connectivity index (χ1) is 9.70. The van der Waals surface area contributed by atoms with Gasteiger partial charge in [-0.1, -0.05) is 5.16 Å². The van der Waals surface area contributed by atoms with Crippen molar-refractivity contribution in [3.8, 4) is 11.5 Å². The Bertz CT molecular complexity index is 561. The summed E-state index contributed by atoms with van der Waals surface area (Å²) in [5.74, 6) is 0.798. The first-order valence-electron chi connectivity index (χ1n) is 6.77. The van der Waals surface area contributed by atoms with Crippen molar-refractivity contribution in [3.05, 3.63) is 35.9 Å². The van der Waals surface area contributed by atoms with Gasteiger partial charge in [0.25, 0.3) is 5.89 Å². The number of hydrogen-bond donors (Lipinski definition) is 1. The van der Waals surface area contributed by atoms with E-state index >= 15 is 0 Å². The number of benzene rings is 1. The SMILES string of the molecule is NC1CCN(Cc2noc(-c3ccc(F)cc3)n2)CC1. The van der Waals surface area contributed by atoms with Crippen molar-refractivity contribution in [1.29, 1.82) is 0 Å². The minimum atomic E-state index is -0.279. The molecule has 0 atom stereocenters. The van der Waals surface area contributed by atoms with Crippen molar-refractivity contribution in [2.45, 2.75) is 25.4 Å². The van der Waals surface area contributed by atoms with Crippen LogP contribution in [0, 0.1) is 5.82 Å². The van der Waals surface area contributed by atoms with Crippen molar-refractivity contribution in [1.82, 2.24) is 15.0 Å². The molecule has 1 saturated heterocycles. The second-order valence-electron chi connectivity index (χ2n) is 5.14. The fraction of sp³-hybridized carbons (Fsp3) is 0.429. The molecule has 2 aromatic rings. The summed E-state index contributed by atoms with van der Waals surface area (Å²) < 4.78 is 18.1. The average molecular weight is 276 g/mol. The van der Waals surface area contributed by atoms with Crippen LogP contribution in [0.2, 0.25) is 0 Å². The fourth-order valence-electron chi connectivity index (χ4n) is 2.34. The maximum atomic E-state index is 12.9. The third kappa shape index (κ3) is 3.02. The van der Waals surface area contributed by atoms with E-state index < -0.39 is 0 Å².